The Hall–Kier alpha value is -2.44. The molecule has 0 bridgehead atoms. The summed E-state index contributed by atoms with van der Waals surface area (Å²) in [6.45, 7) is 5.63. The number of hydrogen-bond acceptors (Lipinski definition) is 4. The van der Waals surface area contributed by atoms with Crippen LogP contribution in [0.2, 0.25) is 0 Å². The van der Waals surface area contributed by atoms with Gasteiger partial charge >= 0.3 is 0 Å². The molecule has 2 N–H and O–H groups in total. The zero-order chi connectivity index (χ0) is 17.9. The van der Waals surface area contributed by atoms with E-state index in [9.17, 15) is 4.79 Å². The van der Waals surface area contributed by atoms with Crippen molar-refractivity contribution in [1.82, 2.24) is 10.2 Å². The van der Waals surface area contributed by atoms with Crippen molar-refractivity contribution in [3.63, 3.8) is 0 Å². The number of methoxy groups -OCH3 is 1. The normalized spacial score (nSPS) is 11.0. The van der Waals surface area contributed by atoms with Crippen molar-refractivity contribution in [1.29, 1.82) is 0 Å². The van der Waals surface area contributed by atoms with Crippen LogP contribution in [0.5, 0.6) is 11.5 Å². The van der Waals surface area contributed by atoms with Crippen LogP contribution in [0.4, 0.5) is 5.69 Å². The largest absolute Gasteiger partial charge is 0.493 e. The Morgan fingerprint density at radius 1 is 1.25 bits per heavy atom. The van der Waals surface area contributed by atoms with Crippen LogP contribution in [0.25, 0.3) is 0 Å². The van der Waals surface area contributed by atoms with Crippen LogP contribution in [0.3, 0.4) is 0 Å². The molecule has 1 rings (SSSR count). The van der Waals surface area contributed by atoms with Gasteiger partial charge in [0.15, 0.2) is 17.5 Å². The van der Waals surface area contributed by atoms with E-state index in [-0.39, 0.29) is 5.91 Å². The number of nitrogens with zero attached hydrogens (tertiary/aromatic N) is 2. The van der Waals surface area contributed by atoms with Gasteiger partial charge < -0.3 is 25.0 Å². The van der Waals surface area contributed by atoms with Gasteiger partial charge in [0.2, 0.25) is 5.91 Å². The lowest BCUT2D eigenvalue weighted by atomic mass is 10.2. The van der Waals surface area contributed by atoms with Crippen molar-refractivity contribution in [3.8, 4) is 11.5 Å². The molecular weight excluding hydrogens is 308 g/mol. The number of nitrogens with one attached hydrogen (secondary N) is 2. The third-order valence-electron chi connectivity index (χ3n) is 3.16. The third kappa shape index (κ3) is 6.36. The van der Waals surface area contributed by atoms with Crippen molar-refractivity contribution >= 4 is 17.6 Å². The first kappa shape index (κ1) is 19.6. The molecule has 0 aromatic heterocycles. The van der Waals surface area contributed by atoms with E-state index in [0.717, 1.165) is 12.2 Å². The van der Waals surface area contributed by atoms with E-state index in [1.54, 1.807) is 26.1 Å². The summed E-state index contributed by atoms with van der Waals surface area (Å²) < 4.78 is 10.9. The van der Waals surface area contributed by atoms with Crippen LogP contribution < -0.4 is 20.1 Å². The lowest BCUT2D eigenvalue weighted by Crippen LogP contribution is -2.31. The van der Waals surface area contributed by atoms with Crippen LogP contribution in [0.1, 0.15) is 20.3 Å². The van der Waals surface area contributed by atoms with Gasteiger partial charge in [-0.3, -0.25) is 9.79 Å². The van der Waals surface area contributed by atoms with Gasteiger partial charge in [0.1, 0.15) is 0 Å². The van der Waals surface area contributed by atoms with Gasteiger partial charge in [0, 0.05) is 38.8 Å². The third-order valence-corrected chi connectivity index (χ3v) is 3.16. The van der Waals surface area contributed by atoms with Gasteiger partial charge in [-0.25, -0.2) is 0 Å². The van der Waals surface area contributed by atoms with Crippen LogP contribution in [0, 0.1) is 0 Å². The van der Waals surface area contributed by atoms with Crippen LogP contribution in [0.15, 0.2) is 23.2 Å². The molecule has 0 fully saturated rings. The van der Waals surface area contributed by atoms with Crippen molar-refractivity contribution in [2.45, 2.75) is 20.3 Å². The molecular formula is C17H28N4O3. The second kappa shape index (κ2) is 10.4. The molecule has 1 aromatic carbocycles. The number of hydrogen-bond donors (Lipinski definition) is 2. The first-order chi connectivity index (χ1) is 11.5. The van der Waals surface area contributed by atoms with E-state index in [4.69, 9.17) is 9.47 Å². The van der Waals surface area contributed by atoms with Crippen molar-refractivity contribution < 1.29 is 14.3 Å². The first-order valence-corrected chi connectivity index (χ1v) is 8.08. The van der Waals surface area contributed by atoms with E-state index in [2.05, 4.69) is 15.6 Å². The molecule has 0 atom stereocenters. The Kier molecular flexibility index (Phi) is 8.46. The number of ether oxygens (including phenoxy) is 2. The summed E-state index contributed by atoms with van der Waals surface area (Å²) in [5.74, 6) is 2.03. The second-order valence-corrected chi connectivity index (χ2v) is 5.22. The molecule has 1 amide bonds. The van der Waals surface area contributed by atoms with Crippen LogP contribution >= 0.6 is 0 Å². The summed E-state index contributed by atoms with van der Waals surface area (Å²) in [4.78, 5) is 17.6. The lowest BCUT2D eigenvalue weighted by molar-refractivity contribution is -0.128. The van der Waals surface area contributed by atoms with E-state index in [1.807, 2.05) is 32.0 Å². The zero-order valence-electron chi connectivity index (χ0n) is 15.2. The summed E-state index contributed by atoms with van der Waals surface area (Å²) in [6, 6.07) is 5.60. The Labute approximate surface area is 144 Å². The maximum atomic E-state index is 11.6. The molecule has 134 valence electrons. The van der Waals surface area contributed by atoms with Crippen molar-refractivity contribution in [2.75, 3.05) is 46.2 Å². The highest BCUT2D eigenvalue weighted by molar-refractivity contribution is 5.94. The average Bonchev–Trinajstić information content (AvgIpc) is 2.56. The maximum absolute atomic E-state index is 11.6. The predicted molar refractivity (Wildman–Crippen MR) is 97.1 cm³/mol. The Bertz CT molecular complexity index is 559. The van der Waals surface area contributed by atoms with Gasteiger partial charge in [-0.15, -0.1) is 0 Å². The molecule has 0 aliphatic heterocycles. The molecule has 7 heteroatoms. The SMILES string of the molecule is CCNC(=NCCC(=O)N(C)C)Nc1ccc(OCC)c(OC)c1. The fraction of sp³-hybridized carbons (Fsp3) is 0.529. The summed E-state index contributed by atoms with van der Waals surface area (Å²) in [5, 5.41) is 6.36. The molecule has 1 aromatic rings. The molecule has 0 aliphatic carbocycles. The summed E-state index contributed by atoms with van der Waals surface area (Å²) in [5.41, 5.74) is 0.828. The molecule has 0 unspecified atom stereocenters. The minimum atomic E-state index is 0.0531. The second-order valence-electron chi connectivity index (χ2n) is 5.22. The summed E-state index contributed by atoms with van der Waals surface area (Å²) >= 11 is 0. The van der Waals surface area contributed by atoms with Gasteiger partial charge in [-0.2, -0.15) is 0 Å². The maximum Gasteiger partial charge on any atom is 0.223 e. The molecule has 24 heavy (non-hydrogen) atoms. The monoisotopic (exact) mass is 336 g/mol. The molecule has 0 heterocycles. The Morgan fingerprint density at radius 2 is 2.00 bits per heavy atom. The number of guanidine groups is 1. The lowest BCUT2D eigenvalue weighted by Gasteiger charge is -2.14. The van der Waals surface area contributed by atoms with Crippen molar-refractivity contribution in [3.05, 3.63) is 18.2 Å². The highest BCUT2D eigenvalue weighted by atomic mass is 16.5. The average molecular weight is 336 g/mol. The number of benzene rings is 1. The quantitative estimate of drug-likeness (QED) is 0.561. The number of amides is 1. The molecule has 0 aliphatic rings. The van der Waals surface area contributed by atoms with Crippen LogP contribution in [-0.2, 0) is 4.79 Å². The van der Waals surface area contributed by atoms with Gasteiger partial charge in [-0.1, -0.05) is 0 Å². The van der Waals surface area contributed by atoms with Gasteiger partial charge in [0.05, 0.1) is 20.3 Å². The summed E-state index contributed by atoms with van der Waals surface area (Å²) in [6.07, 6.45) is 0.371. The topological polar surface area (TPSA) is 75.2 Å². The number of carbonyl (C=O) groups excluding carboxylic acids is 1. The number of anilines is 1. The number of carbonyl (C=O) groups is 1. The highest BCUT2D eigenvalue weighted by Crippen LogP contribution is 2.30. The smallest absolute Gasteiger partial charge is 0.223 e. The molecule has 0 spiro atoms. The molecule has 7 nitrogen and oxygen atoms in total. The Balaban J connectivity index is 2.78. The molecule has 0 saturated carbocycles. The zero-order valence-corrected chi connectivity index (χ0v) is 15.2. The predicted octanol–water partition coefficient (Wildman–Crippen LogP) is 1.95. The van der Waals surface area contributed by atoms with E-state index < -0.39 is 0 Å². The van der Waals surface area contributed by atoms with E-state index in [1.165, 1.54) is 0 Å². The van der Waals surface area contributed by atoms with Crippen molar-refractivity contribution in [2.24, 2.45) is 4.99 Å². The van der Waals surface area contributed by atoms with Gasteiger partial charge in [-0.05, 0) is 26.0 Å². The molecule has 0 radical (unpaired) electrons. The fourth-order valence-corrected chi connectivity index (χ4v) is 1.95. The first-order valence-electron chi connectivity index (χ1n) is 8.08. The molecule has 0 saturated heterocycles. The van der Waals surface area contributed by atoms with E-state index >= 15 is 0 Å². The highest BCUT2D eigenvalue weighted by Gasteiger charge is 2.07. The minimum absolute atomic E-state index is 0.0531. The fourth-order valence-electron chi connectivity index (χ4n) is 1.95. The van der Waals surface area contributed by atoms with Gasteiger partial charge in [0.25, 0.3) is 0 Å². The minimum Gasteiger partial charge on any atom is -0.493 e. The van der Waals surface area contributed by atoms with Crippen LogP contribution in [-0.4, -0.2) is 57.7 Å². The number of aliphatic imine (C=N–C) groups is 1. The summed E-state index contributed by atoms with van der Waals surface area (Å²) in [7, 11) is 5.08. The Morgan fingerprint density at radius 3 is 2.58 bits per heavy atom. The van der Waals surface area contributed by atoms with E-state index in [0.29, 0.717) is 37.0 Å². The number of rotatable bonds is 8. The standard InChI is InChI=1S/C17H28N4O3/c1-6-18-17(19-11-10-16(22)21(3)4)20-13-8-9-14(24-7-2)15(12-13)23-5/h8-9,12H,6-7,10-11H2,1-5H3,(H2,18,19,20).